The van der Waals surface area contributed by atoms with Gasteiger partial charge in [0, 0.05) is 6.20 Å². The molecule has 8 heteroatoms. The van der Waals surface area contributed by atoms with Crippen LogP contribution in [0.25, 0.3) is 0 Å². The van der Waals surface area contributed by atoms with Crippen LogP contribution in [0.4, 0.5) is 0 Å². The van der Waals surface area contributed by atoms with Crippen LogP contribution in [0, 0.1) is 0 Å². The molecule has 2 N–H and O–H groups in total. The van der Waals surface area contributed by atoms with E-state index >= 15 is 0 Å². The van der Waals surface area contributed by atoms with Crippen molar-refractivity contribution in [3.63, 3.8) is 0 Å². The minimum atomic E-state index is -0.652. The lowest BCUT2D eigenvalue weighted by Crippen LogP contribution is -2.20. The number of halogens is 1. The van der Waals surface area contributed by atoms with Crippen molar-refractivity contribution in [3.8, 4) is 0 Å². The molecular weight excluding hydrogens is 276 g/mol. The summed E-state index contributed by atoms with van der Waals surface area (Å²) in [5.74, 6) is -0.652. The Bertz CT molecular complexity index is 564. The molecule has 92 valence electrons. The van der Waals surface area contributed by atoms with Gasteiger partial charge in [0.05, 0.1) is 16.8 Å². The summed E-state index contributed by atoms with van der Waals surface area (Å²) in [6.45, 7) is 0. The fourth-order valence-electron chi connectivity index (χ4n) is 1.15. The zero-order chi connectivity index (χ0) is 13.0. The van der Waals surface area contributed by atoms with Crippen LogP contribution < -0.4 is 5.48 Å². The topological polar surface area (TPSA) is 88.0 Å². The Morgan fingerprint density at radius 1 is 1.39 bits per heavy atom. The van der Waals surface area contributed by atoms with Gasteiger partial charge in [-0.05, 0) is 30.0 Å². The van der Waals surface area contributed by atoms with Crippen LogP contribution in [0.5, 0.6) is 0 Å². The minimum Gasteiger partial charge on any atom is -0.288 e. The molecule has 18 heavy (non-hydrogen) atoms. The van der Waals surface area contributed by atoms with Gasteiger partial charge in [-0.15, -0.1) is 5.10 Å². The van der Waals surface area contributed by atoms with Gasteiger partial charge in [0.25, 0.3) is 5.91 Å². The first-order chi connectivity index (χ1) is 8.70. The monoisotopic (exact) mass is 282 g/mol. The summed E-state index contributed by atoms with van der Waals surface area (Å²) in [5.41, 5.74) is 1.77. The van der Waals surface area contributed by atoms with Gasteiger partial charge in [-0.2, -0.15) is 5.10 Å². The molecule has 0 aromatic carbocycles. The van der Waals surface area contributed by atoms with E-state index in [2.05, 4.69) is 15.2 Å². The Kier molecular flexibility index (Phi) is 4.08. The smallest absolute Gasteiger partial charge is 0.277 e. The molecule has 2 aromatic heterocycles. The van der Waals surface area contributed by atoms with Gasteiger partial charge in [0.2, 0.25) is 0 Å². The first-order valence-corrected chi connectivity index (χ1v) is 5.95. The van der Waals surface area contributed by atoms with E-state index in [0.29, 0.717) is 15.1 Å². The zero-order valence-corrected chi connectivity index (χ0v) is 10.4. The Balaban J connectivity index is 2.28. The Morgan fingerprint density at radius 2 is 2.22 bits per heavy atom. The van der Waals surface area contributed by atoms with Crippen LogP contribution in [-0.4, -0.2) is 26.3 Å². The fraction of sp³-hybridized carbons (Fsp3) is 0. The van der Waals surface area contributed by atoms with E-state index in [9.17, 15) is 4.79 Å². The van der Waals surface area contributed by atoms with Crippen LogP contribution in [-0.2, 0) is 0 Å². The summed E-state index contributed by atoms with van der Waals surface area (Å²) in [5, 5.41) is 17.6. The van der Waals surface area contributed by atoms with Gasteiger partial charge in [0.15, 0.2) is 0 Å². The molecule has 0 saturated heterocycles. The highest BCUT2D eigenvalue weighted by atomic mass is 35.5. The lowest BCUT2D eigenvalue weighted by atomic mass is 10.3. The number of hydroxylamine groups is 1. The van der Waals surface area contributed by atoms with Crippen molar-refractivity contribution in [2.75, 3.05) is 0 Å². The summed E-state index contributed by atoms with van der Waals surface area (Å²) in [6.07, 6.45) is 2.86. The molecule has 0 aliphatic heterocycles. The molecule has 0 unspecified atom stereocenters. The predicted molar refractivity (Wildman–Crippen MR) is 64.7 cm³/mol. The quantitative estimate of drug-likeness (QED) is 0.659. The molecular formula is C10H7ClN4O2S. The average Bonchev–Trinajstić information content (AvgIpc) is 2.41. The second-order valence-corrected chi connectivity index (χ2v) is 4.55. The van der Waals surface area contributed by atoms with Crippen molar-refractivity contribution < 1.29 is 10.0 Å². The largest absolute Gasteiger partial charge is 0.288 e. The van der Waals surface area contributed by atoms with Gasteiger partial charge in [0.1, 0.15) is 10.1 Å². The maximum Gasteiger partial charge on any atom is 0.277 e. The van der Waals surface area contributed by atoms with Gasteiger partial charge in [-0.1, -0.05) is 11.6 Å². The molecule has 0 radical (unpaired) electrons. The average molecular weight is 283 g/mol. The number of amides is 1. The second kappa shape index (κ2) is 5.76. The first-order valence-electron chi connectivity index (χ1n) is 4.76. The Hall–Kier alpha value is -1.70. The van der Waals surface area contributed by atoms with E-state index in [4.69, 9.17) is 16.8 Å². The summed E-state index contributed by atoms with van der Waals surface area (Å²) >= 11 is 6.87. The molecule has 2 aromatic rings. The third-order valence-electron chi connectivity index (χ3n) is 1.93. The molecule has 2 rings (SSSR count). The Labute approximate surface area is 111 Å². The number of carbonyl (C=O) groups excluding carboxylic acids is 1. The number of nitrogens with zero attached hydrogens (tertiary/aromatic N) is 3. The molecule has 6 nitrogen and oxygen atoms in total. The molecule has 0 fully saturated rings. The standard InChI is InChI=1S/C10H7ClN4O2S/c11-6-1-2-8(12-5-6)18-10-7(9(16)15-17)3-4-13-14-10/h1-5,17H,(H,15,16). The third kappa shape index (κ3) is 2.95. The normalized spacial score (nSPS) is 10.1. The minimum absolute atomic E-state index is 0.217. The molecule has 2 heterocycles. The molecule has 0 atom stereocenters. The zero-order valence-electron chi connectivity index (χ0n) is 8.87. The van der Waals surface area contributed by atoms with Gasteiger partial charge >= 0.3 is 0 Å². The molecule has 0 spiro atoms. The van der Waals surface area contributed by atoms with Crippen LogP contribution in [0.2, 0.25) is 5.02 Å². The maximum absolute atomic E-state index is 11.4. The SMILES string of the molecule is O=C(NO)c1ccnnc1Sc1ccc(Cl)cn1. The number of hydrogen-bond donors (Lipinski definition) is 2. The first kappa shape index (κ1) is 12.7. The van der Waals surface area contributed by atoms with Crippen molar-refractivity contribution in [3.05, 3.63) is 41.2 Å². The van der Waals surface area contributed by atoms with Crippen molar-refractivity contribution in [1.82, 2.24) is 20.7 Å². The van der Waals surface area contributed by atoms with Crippen molar-refractivity contribution >= 4 is 29.3 Å². The fourth-order valence-corrected chi connectivity index (χ4v) is 2.06. The lowest BCUT2D eigenvalue weighted by molar-refractivity contribution is 0.0702. The Morgan fingerprint density at radius 3 is 2.89 bits per heavy atom. The number of nitrogens with one attached hydrogen (secondary N) is 1. The number of aromatic nitrogens is 3. The predicted octanol–water partition coefficient (Wildman–Crippen LogP) is 1.80. The summed E-state index contributed by atoms with van der Waals surface area (Å²) < 4.78 is 0. The number of pyridine rings is 1. The van der Waals surface area contributed by atoms with Crippen molar-refractivity contribution in [2.45, 2.75) is 10.1 Å². The van der Waals surface area contributed by atoms with Gasteiger partial charge < -0.3 is 0 Å². The van der Waals surface area contributed by atoms with Crippen LogP contribution in [0.1, 0.15) is 10.4 Å². The highest BCUT2D eigenvalue weighted by Crippen LogP contribution is 2.27. The number of carbonyl (C=O) groups is 1. The van der Waals surface area contributed by atoms with E-state index in [1.54, 1.807) is 17.6 Å². The van der Waals surface area contributed by atoms with Crippen molar-refractivity contribution in [2.24, 2.45) is 0 Å². The molecule has 0 aliphatic carbocycles. The third-order valence-corrected chi connectivity index (χ3v) is 3.10. The van der Waals surface area contributed by atoms with E-state index in [-0.39, 0.29) is 5.56 Å². The highest BCUT2D eigenvalue weighted by Gasteiger charge is 2.13. The second-order valence-electron chi connectivity index (χ2n) is 3.11. The van der Waals surface area contributed by atoms with Crippen LogP contribution in [0.3, 0.4) is 0 Å². The molecule has 0 bridgehead atoms. The molecule has 1 amide bonds. The number of rotatable bonds is 3. The van der Waals surface area contributed by atoms with E-state index in [0.717, 1.165) is 11.8 Å². The summed E-state index contributed by atoms with van der Waals surface area (Å²) in [7, 11) is 0. The van der Waals surface area contributed by atoms with E-state index < -0.39 is 5.91 Å². The van der Waals surface area contributed by atoms with Crippen LogP contribution in [0.15, 0.2) is 40.6 Å². The van der Waals surface area contributed by atoms with Crippen molar-refractivity contribution in [1.29, 1.82) is 0 Å². The van der Waals surface area contributed by atoms with Gasteiger partial charge in [-0.25, -0.2) is 10.5 Å². The molecule has 0 saturated carbocycles. The lowest BCUT2D eigenvalue weighted by Gasteiger charge is -2.04. The van der Waals surface area contributed by atoms with Gasteiger partial charge in [-0.3, -0.25) is 10.0 Å². The summed E-state index contributed by atoms with van der Waals surface area (Å²) in [4.78, 5) is 15.5. The number of hydrogen-bond acceptors (Lipinski definition) is 6. The maximum atomic E-state index is 11.4. The van der Waals surface area contributed by atoms with E-state index in [1.165, 1.54) is 18.5 Å². The van der Waals surface area contributed by atoms with E-state index in [1.807, 2.05) is 0 Å². The molecule has 0 aliphatic rings. The highest BCUT2D eigenvalue weighted by molar-refractivity contribution is 7.99. The summed E-state index contributed by atoms with van der Waals surface area (Å²) in [6, 6.07) is 4.83. The van der Waals surface area contributed by atoms with Crippen LogP contribution >= 0.6 is 23.4 Å².